The second-order valence-electron chi connectivity index (χ2n) is 0.204. The molecule has 0 aromatic heterocycles. The Bertz CT molecular complexity index is 33.8. The Balaban J connectivity index is -0.0000000450. The molecule has 40 valence electrons. The quantitative estimate of drug-likeness (QED) is 0.370. The van der Waals surface area contributed by atoms with Gasteiger partial charge in [-0.05, 0) is 0 Å². The van der Waals surface area contributed by atoms with E-state index in [9.17, 15) is 0 Å². The summed E-state index contributed by atoms with van der Waals surface area (Å²) in [7, 11) is 0. The van der Waals surface area contributed by atoms with Gasteiger partial charge in [-0.15, -0.1) is 11.4 Å². The predicted octanol–water partition coefficient (Wildman–Crippen LogP) is -0.630. The maximum atomic E-state index is 8.44. The molecule has 0 aliphatic carbocycles. The Hall–Kier alpha value is 0.549. The fourth-order valence-electron chi connectivity index (χ4n) is 0. The van der Waals surface area contributed by atoms with Gasteiger partial charge >= 0.3 is 17.1 Å². The average molecular weight is 153 g/mol. The van der Waals surface area contributed by atoms with Gasteiger partial charge < -0.3 is 15.3 Å². The van der Waals surface area contributed by atoms with Gasteiger partial charge in [0.1, 0.15) is 0 Å². The van der Waals surface area contributed by atoms with Crippen LogP contribution in [0.15, 0.2) is 0 Å². The van der Waals surface area contributed by atoms with Crippen molar-refractivity contribution in [3.8, 4) is 0 Å². The fraction of sp³-hybridized carbons (Fsp3) is 0. The summed E-state index contributed by atoms with van der Waals surface area (Å²) >= 11 is -3.11. The number of rotatable bonds is 0. The minimum Gasteiger partial charge on any atom is -0.784 e. The van der Waals surface area contributed by atoms with Gasteiger partial charge in [0.15, 0.2) is 0 Å². The van der Waals surface area contributed by atoms with Crippen LogP contribution in [0, 0.1) is 0 Å². The molecule has 0 bridgehead atoms. The number of quaternary nitrogens is 1. The van der Waals surface area contributed by atoms with Gasteiger partial charge in [0.05, 0.1) is 0 Å². The van der Waals surface area contributed by atoms with E-state index >= 15 is 0 Å². The molecular weight excluding hydrogens is 149 g/mol. The summed E-state index contributed by atoms with van der Waals surface area (Å²) in [4.78, 5) is 0. The van der Waals surface area contributed by atoms with E-state index in [0.717, 1.165) is 0 Å². The molecule has 0 saturated carbocycles. The van der Waals surface area contributed by atoms with E-state index < -0.39 is 11.4 Å². The standard InChI is InChI=1S/Mn.H3N.H2O3S/c;;1-4(2)3/h;1H3;(H2,1,2,3)/q+1;;/p-1. The molecule has 0 rings (SSSR count). The minimum absolute atomic E-state index is 0. The van der Waals surface area contributed by atoms with Crippen LogP contribution in [-0.4, -0.2) is 13.3 Å². The maximum Gasteiger partial charge on any atom is 1.00 e. The largest absolute Gasteiger partial charge is 1.00 e. The van der Waals surface area contributed by atoms with E-state index in [-0.39, 0.29) is 23.2 Å². The van der Waals surface area contributed by atoms with E-state index in [4.69, 9.17) is 13.3 Å². The average Bonchev–Trinajstić information content (AvgIpc) is 0.811. The summed E-state index contributed by atoms with van der Waals surface area (Å²) in [6, 6.07) is 0. The summed E-state index contributed by atoms with van der Waals surface area (Å²) in [6.45, 7) is 0. The van der Waals surface area contributed by atoms with Crippen molar-refractivity contribution < 1.29 is 30.4 Å². The third-order valence-electron chi connectivity index (χ3n) is 0. The van der Waals surface area contributed by atoms with Crippen molar-refractivity contribution in [1.29, 1.82) is 0 Å². The summed E-state index contributed by atoms with van der Waals surface area (Å²) in [5, 5.41) is 0. The molecule has 0 atom stereocenters. The molecule has 0 amide bonds. The Morgan fingerprint density at radius 1 is 1.33 bits per heavy atom. The summed E-state index contributed by atoms with van der Waals surface area (Å²) in [5.41, 5.74) is 0. The van der Waals surface area contributed by atoms with Gasteiger partial charge in [0.25, 0.3) is 0 Å². The summed E-state index contributed by atoms with van der Waals surface area (Å²) in [5.74, 6) is 0. The van der Waals surface area contributed by atoms with Gasteiger partial charge in [-0.25, -0.2) is 0 Å². The second kappa shape index (κ2) is 9.12. The van der Waals surface area contributed by atoms with Crippen molar-refractivity contribution in [2.24, 2.45) is 0 Å². The Morgan fingerprint density at radius 3 is 1.33 bits per heavy atom. The molecule has 0 spiro atoms. The summed E-state index contributed by atoms with van der Waals surface area (Å²) < 4.78 is 25.3. The van der Waals surface area contributed by atoms with Crippen LogP contribution in [0.25, 0.3) is 0 Å². The molecule has 0 aliphatic heterocycles. The first-order chi connectivity index (χ1) is 1.73. The third kappa shape index (κ3) is 190. The second-order valence-corrected chi connectivity index (χ2v) is 0.612. The molecule has 6 heavy (non-hydrogen) atoms. The first kappa shape index (κ1) is 16.0. The first-order valence-electron chi connectivity index (χ1n) is 0.500. The molecule has 0 aromatic carbocycles. The zero-order chi connectivity index (χ0) is 3.58. The topological polar surface area (TPSA) is 99.7 Å². The van der Waals surface area contributed by atoms with Crippen molar-refractivity contribution in [2.45, 2.75) is 0 Å². The molecule has 4 N–H and O–H groups in total. The number of hydrogen-bond donors (Lipinski definition) is 1. The van der Waals surface area contributed by atoms with E-state index in [1.54, 1.807) is 0 Å². The summed E-state index contributed by atoms with van der Waals surface area (Å²) in [6.07, 6.45) is 0. The van der Waals surface area contributed by atoms with Crippen LogP contribution in [0.5, 0.6) is 0 Å². The monoisotopic (exact) mass is 153 g/mol. The molecule has 0 saturated heterocycles. The smallest absolute Gasteiger partial charge is 0.784 e. The zero-order valence-electron chi connectivity index (χ0n) is 3.01. The normalized spacial score (nSPS) is 5.83. The van der Waals surface area contributed by atoms with E-state index in [1.807, 2.05) is 0 Å². The van der Waals surface area contributed by atoms with E-state index in [2.05, 4.69) is 0 Å². The van der Waals surface area contributed by atoms with Gasteiger partial charge in [-0.3, -0.25) is 4.21 Å². The fourth-order valence-corrected chi connectivity index (χ4v) is 0. The van der Waals surface area contributed by atoms with Gasteiger partial charge in [-0.2, -0.15) is 0 Å². The molecule has 0 fully saturated rings. The Labute approximate surface area is 48.5 Å². The maximum absolute atomic E-state index is 8.44. The van der Waals surface area contributed by atoms with Gasteiger partial charge in [0, 0.05) is 0 Å². The predicted molar refractivity (Wildman–Crippen MR) is 15.7 cm³/mol. The van der Waals surface area contributed by atoms with Crippen LogP contribution >= 0.6 is 0 Å². The molecule has 6 heteroatoms. The molecular formula is H4MnNO3S. The van der Waals surface area contributed by atoms with Crippen LogP contribution in [0.1, 0.15) is 0 Å². The molecule has 0 unspecified atom stereocenters. The van der Waals surface area contributed by atoms with E-state index in [1.165, 1.54) is 0 Å². The Kier molecular flexibility index (Phi) is 24.3. The van der Waals surface area contributed by atoms with Crippen molar-refractivity contribution in [3.05, 3.63) is 0 Å². The molecule has 0 aliphatic rings. The van der Waals surface area contributed by atoms with Crippen molar-refractivity contribution in [3.63, 3.8) is 0 Å². The minimum atomic E-state index is -3.11. The van der Waals surface area contributed by atoms with Crippen molar-refractivity contribution in [1.82, 2.24) is 6.15 Å². The van der Waals surface area contributed by atoms with Crippen molar-refractivity contribution in [2.75, 3.05) is 0 Å². The molecule has 0 heterocycles. The molecule has 0 aromatic rings. The van der Waals surface area contributed by atoms with Crippen LogP contribution in [0.4, 0.5) is 0 Å². The van der Waals surface area contributed by atoms with Crippen LogP contribution < -0.4 is 6.15 Å². The van der Waals surface area contributed by atoms with Crippen LogP contribution in [0.3, 0.4) is 0 Å². The van der Waals surface area contributed by atoms with Gasteiger partial charge in [-0.1, -0.05) is 0 Å². The van der Waals surface area contributed by atoms with E-state index in [0.29, 0.717) is 0 Å². The SMILES string of the molecule is O=S([O-])[O-].[Mn+].[NH4+]. The third-order valence-corrected chi connectivity index (χ3v) is 0. The number of hydrogen-bond acceptors (Lipinski definition) is 3. The van der Waals surface area contributed by atoms with Crippen LogP contribution in [-0.2, 0) is 28.4 Å². The first-order valence-corrected chi connectivity index (χ1v) is 1.50. The molecule has 0 radical (unpaired) electrons. The Morgan fingerprint density at radius 2 is 1.33 bits per heavy atom. The molecule has 4 nitrogen and oxygen atoms in total. The zero-order valence-corrected chi connectivity index (χ0v) is 5.01. The van der Waals surface area contributed by atoms with Gasteiger partial charge in [0.2, 0.25) is 0 Å². The van der Waals surface area contributed by atoms with Crippen molar-refractivity contribution >= 4 is 11.4 Å². The van der Waals surface area contributed by atoms with Crippen LogP contribution in [0.2, 0.25) is 0 Å².